The van der Waals surface area contributed by atoms with E-state index in [1.54, 1.807) is 12.1 Å². The number of amides is 1. The number of anilines is 2. The molecule has 1 aromatic rings. The fourth-order valence-electron chi connectivity index (χ4n) is 2.53. The van der Waals surface area contributed by atoms with E-state index in [4.69, 9.17) is 11.5 Å². The lowest BCUT2D eigenvalue weighted by Crippen LogP contribution is -2.39. The van der Waals surface area contributed by atoms with Crippen molar-refractivity contribution in [2.45, 2.75) is 32.2 Å². The second kappa shape index (κ2) is 3.95. The minimum absolute atomic E-state index is 0.0536. The summed E-state index contributed by atoms with van der Waals surface area (Å²) in [6.07, 6.45) is 2.24. The van der Waals surface area contributed by atoms with Crippen molar-refractivity contribution >= 4 is 17.3 Å². The number of hydrogen-bond acceptors (Lipinski definition) is 3. The molecule has 1 saturated heterocycles. The van der Waals surface area contributed by atoms with Crippen LogP contribution < -0.4 is 16.4 Å². The Kier molecular flexibility index (Phi) is 2.73. The summed E-state index contributed by atoms with van der Waals surface area (Å²) in [5.74, 6) is -0.400. The number of carbonyl (C=O) groups is 1. The van der Waals surface area contributed by atoms with Gasteiger partial charge in [-0.15, -0.1) is 0 Å². The molecule has 92 valence electrons. The van der Waals surface area contributed by atoms with Crippen LogP contribution in [0.25, 0.3) is 0 Å². The lowest BCUT2D eigenvalue weighted by molar-refractivity contribution is 0.100. The summed E-state index contributed by atoms with van der Waals surface area (Å²) in [6.45, 7) is 5.29. The summed E-state index contributed by atoms with van der Waals surface area (Å²) >= 11 is 0. The zero-order chi connectivity index (χ0) is 12.6. The maximum absolute atomic E-state index is 11.5. The van der Waals surface area contributed by atoms with E-state index in [9.17, 15) is 4.79 Å². The van der Waals surface area contributed by atoms with Gasteiger partial charge in [0.05, 0.1) is 11.3 Å². The molecular weight excluding hydrogens is 214 g/mol. The third kappa shape index (κ3) is 2.07. The van der Waals surface area contributed by atoms with Crippen LogP contribution in [0.15, 0.2) is 18.2 Å². The van der Waals surface area contributed by atoms with E-state index in [-0.39, 0.29) is 5.54 Å². The van der Waals surface area contributed by atoms with Gasteiger partial charge in [0.1, 0.15) is 0 Å². The minimum Gasteiger partial charge on any atom is -0.399 e. The first kappa shape index (κ1) is 11.8. The molecule has 0 aromatic heterocycles. The quantitative estimate of drug-likeness (QED) is 0.764. The maximum Gasteiger partial charge on any atom is 0.250 e. The van der Waals surface area contributed by atoms with E-state index in [0.29, 0.717) is 11.3 Å². The molecule has 0 aliphatic carbocycles. The third-order valence-electron chi connectivity index (χ3n) is 3.48. The van der Waals surface area contributed by atoms with Crippen molar-refractivity contribution in [1.82, 2.24) is 0 Å². The third-order valence-corrected chi connectivity index (χ3v) is 3.48. The molecule has 2 rings (SSSR count). The van der Waals surface area contributed by atoms with Gasteiger partial charge < -0.3 is 16.4 Å². The molecule has 0 saturated carbocycles. The number of benzene rings is 1. The Morgan fingerprint density at radius 2 is 2.12 bits per heavy atom. The highest BCUT2D eigenvalue weighted by atomic mass is 16.1. The molecular formula is C13H19N3O. The van der Waals surface area contributed by atoms with Crippen LogP contribution in [0.1, 0.15) is 37.0 Å². The summed E-state index contributed by atoms with van der Waals surface area (Å²) in [7, 11) is 0. The van der Waals surface area contributed by atoms with Crippen LogP contribution in [0.3, 0.4) is 0 Å². The van der Waals surface area contributed by atoms with Gasteiger partial charge in [-0.25, -0.2) is 0 Å². The molecule has 1 aliphatic heterocycles. The molecule has 1 fully saturated rings. The number of nitrogens with two attached hydrogens (primary N) is 2. The Labute approximate surface area is 102 Å². The molecule has 0 atom stereocenters. The standard InChI is InChI=1S/C13H19N3O/c1-13(2)6-3-7-16(13)11-8-9(14)4-5-10(11)12(15)17/h4-5,8H,3,6-7,14H2,1-2H3,(H2,15,17). The molecule has 1 heterocycles. The van der Waals surface area contributed by atoms with Crippen LogP contribution in [0, 0.1) is 0 Å². The van der Waals surface area contributed by atoms with Gasteiger partial charge in [0, 0.05) is 17.8 Å². The molecule has 4 N–H and O–H groups in total. The van der Waals surface area contributed by atoms with Gasteiger partial charge in [0.15, 0.2) is 0 Å². The Hall–Kier alpha value is -1.71. The van der Waals surface area contributed by atoms with Crippen molar-refractivity contribution in [3.05, 3.63) is 23.8 Å². The van der Waals surface area contributed by atoms with Crippen LogP contribution in [0.4, 0.5) is 11.4 Å². The topological polar surface area (TPSA) is 72.3 Å². The van der Waals surface area contributed by atoms with Crippen LogP contribution >= 0.6 is 0 Å². The molecule has 1 amide bonds. The average Bonchev–Trinajstić information content (AvgIpc) is 2.57. The number of rotatable bonds is 2. The summed E-state index contributed by atoms with van der Waals surface area (Å²) in [5, 5.41) is 0. The molecule has 0 bridgehead atoms. The van der Waals surface area contributed by atoms with E-state index in [1.807, 2.05) is 6.07 Å². The fourth-order valence-corrected chi connectivity index (χ4v) is 2.53. The Morgan fingerprint density at radius 1 is 1.41 bits per heavy atom. The normalized spacial score (nSPS) is 18.4. The van der Waals surface area contributed by atoms with Crippen LogP contribution in [-0.2, 0) is 0 Å². The van der Waals surface area contributed by atoms with E-state index in [1.165, 1.54) is 0 Å². The highest BCUT2D eigenvalue weighted by Crippen LogP contribution is 2.36. The van der Waals surface area contributed by atoms with Gasteiger partial charge >= 0.3 is 0 Å². The lowest BCUT2D eigenvalue weighted by Gasteiger charge is -2.34. The highest BCUT2D eigenvalue weighted by molar-refractivity contribution is 5.99. The molecule has 1 aliphatic rings. The second-order valence-corrected chi connectivity index (χ2v) is 5.21. The fraction of sp³-hybridized carbons (Fsp3) is 0.462. The van der Waals surface area contributed by atoms with Crippen LogP contribution in [0.2, 0.25) is 0 Å². The van der Waals surface area contributed by atoms with E-state index in [0.717, 1.165) is 25.1 Å². The van der Waals surface area contributed by atoms with Crippen molar-refractivity contribution < 1.29 is 4.79 Å². The Bertz CT molecular complexity index is 454. The van der Waals surface area contributed by atoms with E-state index in [2.05, 4.69) is 18.7 Å². The number of carbonyl (C=O) groups excluding carboxylic acids is 1. The number of nitrogens with zero attached hydrogens (tertiary/aromatic N) is 1. The summed E-state index contributed by atoms with van der Waals surface area (Å²) in [4.78, 5) is 13.7. The van der Waals surface area contributed by atoms with Gasteiger partial charge in [-0.1, -0.05) is 0 Å². The second-order valence-electron chi connectivity index (χ2n) is 5.21. The smallest absolute Gasteiger partial charge is 0.250 e. The summed E-state index contributed by atoms with van der Waals surface area (Å²) in [6, 6.07) is 5.27. The van der Waals surface area contributed by atoms with Crippen molar-refractivity contribution in [3.8, 4) is 0 Å². The maximum atomic E-state index is 11.5. The molecule has 1 aromatic carbocycles. The van der Waals surface area contributed by atoms with Gasteiger partial charge in [0.2, 0.25) is 0 Å². The first-order chi connectivity index (χ1) is 7.92. The Balaban J connectivity index is 2.50. The lowest BCUT2D eigenvalue weighted by atomic mass is 10.00. The molecule has 17 heavy (non-hydrogen) atoms. The minimum atomic E-state index is -0.400. The number of primary amides is 1. The van der Waals surface area contributed by atoms with Crippen molar-refractivity contribution in [2.24, 2.45) is 5.73 Å². The van der Waals surface area contributed by atoms with Gasteiger partial charge in [-0.2, -0.15) is 0 Å². The van der Waals surface area contributed by atoms with Crippen LogP contribution in [0.5, 0.6) is 0 Å². The average molecular weight is 233 g/mol. The first-order valence-electron chi connectivity index (χ1n) is 5.89. The number of hydrogen-bond donors (Lipinski definition) is 2. The molecule has 4 heteroatoms. The summed E-state index contributed by atoms with van der Waals surface area (Å²) in [5.41, 5.74) is 13.3. The predicted octanol–water partition coefficient (Wildman–Crippen LogP) is 1.75. The van der Waals surface area contributed by atoms with Crippen LogP contribution in [-0.4, -0.2) is 18.0 Å². The van der Waals surface area contributed by atoms with E-state index >= 15 is 0 Å². The zero-order valence-electron chi connectivity index (χ0n) is 10.4. The SMILES string of the molecule is CC1(C)CCCN1c1cc(N)ccc1C(N)=O. The Morgan fingerprint density at radius 3 is 2.65 bits per heavy atom. The largest absolute Gasteiger partial charge is 0.399 e. The van der Waals surface area contributed by atoms with Crippen molar-refractivity contribution in [2.75, 3.05) is 17.2 Å². The molecule has 0 spiro atoms. The zero-order valence-corrected chi connectivity index (χ0v) is 10.4. The van der Waals surface area contributed by atoms with Gasteiger partial charge in [-0.05, 0) is 44.9 Å². The highest BCUT2D eigenvalue weighted by Gasteiger charge is 2.33. The molecule has 0 unspecified atom stereocenters. The first-order valence-corrected chi connectivity index (χ1v) is 5.89. The van der Waals surface area contributed by atoms with Crippen molar-refractivity contribution in [3.63, 3.8) is 0 Å². The monoisotopic (exact) mass is 233 g/mol. The molecule has 0 radical (unpaired) electrons. The van der Waals surface area contributed by atoms with Gasteiger partial charge in [-0.3, -0.25) is 4.79 Å². The van der Waals surface area contributed by atoms with Gasteiger partial charge in [0.25, 0.3) is 5.91 Å². The van der Waals surface area contributed by atoms with E-state index < -0.39 is 5.91 Å². The predicted molar refractivity (Wildman–Crippen MR) is 70.0 cm³/mol. The summed E-state index contributed by atoms with van der Waals surface area (Å²) < 4.78 is 0. The number of nitrogen functional groups attached to an aromatic ring is 1. The van der Waals surface area contributed by atoms with Crippen molar-refractivity contribution in [1.29, 1.82) is 0 Å². The molecule has 4 nitrogen and oxygen atoms in total.